The molecule has 2 amide bonds. The predicted octanol–water partition coefficient (Wildman–Crippen LogP) is 3.17. The van der Waals surface area contributed by atoms with Crippen molar-refractivity contribution in [2.45, 2.75) is 19.9 Å². The lowest BCUT2D eigenvalue weighted by Crippen LogP contribution is -2.31. The van der Waals surface area contributed by atoms with Gasteiger partial charge in [-0.2, -0.15) is 10.1 Å². The minimum absolute atomic E-state index is 0.150. The molecule has 9 nitrogen and oxygen atoms in total. The van der Waals surface area contributed by atoms with Gasteiger partial charge in [-0.25, -0.2) is 4.68 Å². The first-order valence-electron chi connectivity index (χ1n) is 9.66. The van der Waals surface area contributed by atoms with E-state index in [-0.39, 0.29) is 11.8 Å². The molecule has 3 N–H and O–H groups in total. The second kappa shape index (κ2) is 8.31. The Bertz CT molecular complexity index is 1150. The summed E-state index contributed by atoms with van der Waals surface area (Å²) in [4.78, 5) is 28.9. The smallest absolute Gasteiger partial charge is 0.255 e. The molecule has 0 radical (unpaired) electrons. The Morgan fingerprint density at radius 2 is 1.68 bits per heavy atom. The predicted molar refractivity (Wildman–Crippen MR) is 117 cm³/mol. The van der Waals surface area contributed by atoms with Gasteiger partial charge >= 0.3 is 0 Å². The number of nitrogens with one attached hydrogen (secondary N) is 3. The topological polar surface area (TPSA) is 110 Å². The second-order valence-electron chi connectivity index (χ2n) is 7.08. The highest BCUT2D eigenvalue weighted by molar-refractivity contribution is 6.06. The molecule has 1 aliphatic heterocycles. The van der Waals surface area contributed by atoms with E-state index < -0.39 is 6.04 Å². The summed E-state index contributed by atoms with van der Waals surface area (Å²) in [5.41, 5.74) is 3.36. The Morgan fingerprint density at radius 1 is 1.03 bits per heavy atom. The summed E-state index contributed by atoms with van der Waals surface area (Å²) in [7, 11) is 1.59. The van der Waals surface area contributed by atoms with Crippen LogP contribution in [0.15, 0.2) is 66.1 Å². The number of ether oxygens (including phenoxy) is 1. The number of hydrogen-bond acceptors (Lipinski definition) is 6. The first kappa shape index (κ1) is 20.1. The molecule has 0 aliphatic carbocycles. The summed E-state index contributed by atoms with van der Waals surface area (Å²) in [5.74, 6) is 0.849. The van der Waals surface area contributed by atoms with E-state index in [1.54, 1.807) is 48.2 Å². The third-order valence-corrected chi connectivity index (χ3v) is 4.93. The molecule has 4 rings (SSSR count). The van der Waals surface area contributed by atoms with Crippen molar-refractivity contribution in [2.75, 3.05) is 23.1 Å². The fraction of sp³-hybridized carbons (Fsp3) is 0.182. The zero-order valence-electron chi connectivity index (χ0n) is 17.3. The molecule has 1 aromatic heterocycles. The lowest BCUT2D eigenvalue weighted by atomic mass is 9.94. The zero-order chi connectivity index (χ0) is 22.0. The average molecular weight is 418 g/mol. The fourth-order valence-electron chi connectivity index (χ4n) is 3.52. The van der Waals surface area contributed by atoms with Crippen LogP contribution in [0.25, 0.3) is 0 Å². The maximum absolute atomic E-state index is 13.3. The van der Waals surface area contributed by atoms with Gasteiger partial charge in [-0.15, -0.1) is 0 Å². The molecule has 0 unspecified atom stereocenters. The number of methoxy groups -OCH3 is 1. The molecular formula is C22H22N6O3. The summed E-state index contributed by atoms with van der Waals surface area (Å²) < 4.78 is 6.84. The molecule has 0 saturated heterocycles. The van der Waals surface area contributed by atoms with Crippen molar-refractivity contribution in [1.82, 2.24) is 14.8 Å². The highest BCUT2D eigenvalue weighted by Gasteiger charge is 2.33. The van der Waals surface area contributed by atoms with Crippen LogP contribution in [0.1, 0.15) is 25.5 Å². The quantitative estimate of drug-likeness (QED) is 0.587. The number of fused-ring (bicyclic) bond motifs is 1. The first-order valence-corrected chi connectivity index (χ1v) is 9.66. The second-order valence-corrected chi connectivity index (χ2v) is 7.08. The molecule has 31 heavy (non-hydrogen) atoms. The van der Waals surface area contributed by atoms with E-state index >= 15 is 0 Å². The minimum Gasteiger partial charge on any atom is -0.497 e. The van der Waals surface area contributed by atoms with E-state index in [2.05, 4.69) is 26.0 Å². The monoisotopic (exact) mass is 418 g/mol. The summed E-state index contributed by atoms with van der Waals surface area (Å²) in [6.07, 6.45) is 1.44. The van der Waals surface area contributed by atoms with Gasteiger partial charge in [0.1, 0.15) is 18.1 Å². The van der Waals surface area contributed by atoms with Crippen LogP contribution >= 0.6 is 0 Å². The molecule has 2 aromatic carbocycles. The Kier molecular flexibility index (Phi) is 5.40. The normalized spacial score (nSPS) is 15.0. The van der Waals surface area contributed by atoms with Crippen LogP contribution in [0.4, 0.5) is 17.3 Å². The number of hydrogen-bond donors (Lipinski definition) is 3. The van der Waals surface area contributed by atoms with E-state index in [1.165, 1.54) is 13.3 Å². The van der Waals surface area contributed by atoms with Gasteiger partial charge in [0.05, 0.1) is 12.7 Å². The molecule has 2 heterocycles. The maximum Gasteiger partial charge on any atom is 0.255 e. The Morgan fingerprint density at radius 3 is 2.32 bits per heavy atom. The number of nitrogens with zero attached hydrogens (tertiary/aromatic N) is 3. The Labute approximate surface area is 179 Å². The third kappa shape index (κ3) is 4.11. The number of rotatable bonds is 5. The van der Waals surface area contributed by atoms with Gasteiger partial charge in [0.15, 0.2) is 0 Å². The molecular weight excluding hydrogens is 396 g/mol. The number of aromatic nitrogens is 3. The Hall–Kier alpha value is -4.14. The van der Waals surface area contributed by atoms with Crippen LogP contribution in [-0.2, 0) is 9.59 Å². The molecule has 158 valence electrons. The van der Waals surface area contributed by atoms with Crippen molar-refractivity contribution in [1.29, 1.82) is 0 Å². The van der Waals surface area contributed by atoms with Crippen LogP contribution < -0.4 is 20.7 Å². The van der Waals surface area contributed by atoms with Gasteiger partial charge in [-0.05, 0) is 48.9 Å². The first-order chi connectivity index (χ1) is 15.0. The minimum atomic E-state index is -0.483. The number of carbonyl (C=O) groups is 2. The van der Waals surface area contributed by atoms with Crippen molar-refractivity contribution >= 4 is 29.1 Å². The highest BCUT2D eigenvalue weighted by Crippen LogP contribution is 2.35. The molecule has 3 aromatic rings. The average Bonchev–Trinajstić information content (AvgIpc) is 3.21. The summed E-state index contributed by atoms with van der Waals surface area (Å²) in [6, 6.07) is 14.0. The van der Waals surface area contributed by atoms with Crippen molar-refractivity contribution in [3.05, 3.63) is 71.7 Å². The van der Waals surface area contributed by atoms with Crippen LogP contribution in [0.2, 0.25) is 0 Å². The van der Waals surface area contributed by atoms with Crippen LogP contribution in [0, 0.1) is 0 Å². The summed E-state index contributed by atoms with van der Waals surface area (Å²) >= 11 is 0. The lowest BCUT2D eigenvalue weighted by molar-refractivity contribution is -0.114. The molecule has 0 spiro atoms. The highest BCUT2D eigenvalue weighted by atomic mass is 16.5. The van der Waals surface area contributed by atoms with Crippen molar-refractivity contribution < 1.29 is 14.3 Å². The Balaban J connectivity index is 1.68. The van der Waals surface area contributed by atoms with Gasteiger partial charge in [0, 0.05) is 24.0 Å². The summed E-state index contributed by atoms with van der Waals surface area (Å²) in [5, 5.41) is 13.2. The third-order valence-electron chi connectivity index (χ3n) is 4.93. The zero-order valence-corrected chi connectivity index (χ0v) is 17.3. The number of anilines is 3. The van der Waals surface area contributed by atoms with Crippen molar-refractivity contribution in [3.63, 3.8) is 0 Å². The molecule has 9 heteroatoms. The largest absolute Gasteiger partial charge is 0.497 e. The van der Waals surface area contributed by atoms with Gasteiger partial charge < -0.3 is 20.7 Å². The number of amides is 2. The van der Waals surface area contributed by atoms with Gasteiger partial charge in [-0.3, -0.25) is 9.59 Å². The molecule has 1 atom stereocenters. The lowest BCUT2D eigenvalue weighted by Gasteiger charge is -2.28. The van der Waals surface area contributed by atoms with E-state index in [4.69, 9.17) is 4.74 Å². The fourth-order valence-corrected chi connectivity index (χ4v) is 3.52. The molecule has 0 bridgehead atoms. The standard InChI is InChI=1S/C22H22N6O3/c1-13-19(21(30)27-17-8-10-18(31-3)11-9-17)20(28-22(25-13)23-12-24-28)15-4-6-16(7-5-15)26-14(2)29/h4-12,20H,1-3H3,(H,26,29)(H,27,30)(H,23,24,25)/t20-/m1/s1. The van der Waals surface area contributed by atoms with E-state index in [1.807, 2.05) is 19.1 Å². The SMILES string of the molecule is COc1ccc(NC(=O)C2=C(C)Nc3ncnn3[C@@H]2c2ccc(NC(C)=O)cc2)cc1. The van der Waals surface area contributed by atoms with E-state index in [0.717, 1.165) is 5.56 Å². The van der Waals surface area contributed by atoms with Gasteiger partial charge in [-0.1, -0.05) is 12.1 Å². The molecule has 1 aliphatic rings. The van der Waals surface area contributed by atoms with Crippen LogP contribution in [-0.4, -0.2) is 33.7 Å². The number of benzene rings is 2. The molecule has 0 fully saturated rings. The van der Waals surface area contributed by atoms with E-state index in [9.17, 15) is 9.59 Å². The molecule has 0 saturated carbocycles. The number of carbonyl (C=O) groups excluding carboxylic acids is 2. The van der Waals surface area contributed by atoms with E-state index in [0.29, 0.717) is 34.3 Å². The summed E-state index contributed by atoms with van der Waals surface area (Å²) in [6.45, 7) is 3.29. The van der Waals surface area contributed by atoms with Crippen LogP contribution in [0.5, 0.6) is 5.75 Å². The maximum atomic E-state index is 13.3. The van der Waals surface area contributed by atoms with Crippen LogP contribution in [0.3, 0.4) is 0 Å². The number of allylic oxidation sites excluding steroid dienone is 1. The van der Waals surface area contributed by atoms with Crippen molar-refractivity contribution in [2.24, 2.45) is 0 Å². The van der Waals surface area contributed by atoms with Gasteiger partial charge in [0.25, 0.3) is 5.91 Å². The van der Waals surface area contributed by atoms with Crippen molar-refractivity contribution in [3.8, 4) is 5.75 Å². The van der Waals surface area contributed by atoms with Gasteiger partial charge in [0.2, 0.25) is 11.9 Å².